The van der Waals surface area contributed by atoms with Crippen molar-refractivity contribution >= 4 is 63.7 Å². The quantitative estimate of drug-likeness (QED) is 0.0645. The van der Waals surface area contributed by atoms with E-state index in [1.54, 1.807) is 55.1 Å². The number of hydrogen-bond acceptors (Lipinski definition) is 7. The molecular weight excluding hydrogens is 687 g/mol. The highest BCUT2D eigenvalue weighted by molar-refractivity contribution is 8.14. The van der Waals surface area contributed by atoms with Gasteiger partial charge in [0.1, 0.15) is 23.2 Å². The number of fused-ring (bicyclic) bond motifs is 1. The maximum Gasteiger partial charge on any atom is 0.326 e. The molecule has 273 valence electrons. The van der Waals surface area contributed by atoms with Gasteiger partial charge in [-0.2, -0.15) is 0 Å². The fourth-order valence-corrected chi connectivity index (χ4v) is 7.86. The third-order valence-electron chi connectivity index (χ3n) is 8.96. The van der Waals surface area contributed by atoms with Gasteiger partial charge in [-0.15, -0.1) is 23.5 Å². The van der Waals surface area contributed by atoms with Crippen LogP contribution in [0.1, 0.15) is 77.8 Å². The summed E-state index contributed by atoms with van der Waals surface area (Å²) in [7, 11) is 0. The molecule has 10 nitrogen and oxygen atoms in total. The van der Waals surface area contributed by atoms with Gasteiger partial charge in [-0.1, -0.05) is 102 Å². The van der Waals surface area contributed by atoms with Gasteiger partial charge in [0, 0.05) is 10.6 Å². The largest absolute Gasteiger partial charge is 0.483 e. The summed E-state index contributed by atoms with van der Waals surface area (Å²) in [6.07, 6.45) is 5.97. The van der Waals surface area contributed by atoms with Crippen LogP contribution in [0.25, 0.3) is 0 Å². The number of anilines is 2. The summed E-state index contributed by atoms with van der Waals surface area (Å²) in [6, 6.07) is 19.2. The smallest absolute Gasteiger partial charge is 0.326 e. The second-order valence-corrected chi connectivity index (χ2v) is 14.9. The number of amides is 3. The van der Waals surface area contributed by atoms with Gasteiger partial charge in [0.2, 0.25) is 11.8 Å². The number of nitrogens with one attached hydrogen (secondary N) is 2. The molecule has 3 amide bonds. The Morgan fingerprint density at radius 3 is 2.08 bits per heavy atom. The molecule has 0 fully saturated rings. The van der Waals surface area contributed by atoms with E-state index in [4.69, 9.17) is 4.74 Å². The summed E-state index contributed by atoms with van der Waals surface area (Å²) in [6.45, 7) is 7.02. The SMILES string of the molecule is CCCCC1(CCCC)C(=O)[SH]c2cc(OCC(=O)N[C@@H](C(=O)N[C@H](C(=O)O)C(C)C)c3ccccc3)c(SC)cc2N(c2ccccc2)C1=O. The number of carboxylic acids is 1. The molecule has 4 rings (SSSR count). The Bertz CT molecular complexity index is 1690. The number of rotatable bonds is 17. The zero-order valence-electron chi connectivity index (χ0n) is 29.8. The van der Waals surface area contributed by atoms with E-state index in [9.17, 15) is 29.1 Å². The first-order valence-electron chi connectivity index (χ1n) is 17.3. The van der Waals surface area contributed by atoms with Crippen LogP contribution >= 0.6 is 23.5 Å². The standard InChI is InChI=1S/C39H48N3O7S2/c1-6-8-20-39(21-9-7-2)37(47)42(27-18-14-11-15-19-27)28-22-31(50-5)29(23-30(28)51-38(39)48)49-24-32(43)40-34(26-16-12-10-13-17-26)35(44)41-33(25(3)4)36(45)46/h10-19,22-23,25,33-34,51H,6-9,20-21,24H2,1-5H3,(H,40,43)(H,41,44)(H,45,46)/t33-,34+/m0/s1. The van der Waals surface area contributed by atoms with Crippen LogP contribution in [0.5, 0.6) is 5.75 Å². The molecule has 51 heavy (non-hydrogen) atoms. The lowest BCUT2D eigenvalue weighted by molar-refractivity contribution is -0.143. The van der Waals surface area contributed by atoms with E-state index < -0.39 is 41.9 Å². The molecule has 2 atom stereocenters. The van der Waals surface area contributed by atoms with Crippen molar-refractivity contribution < 1.29 is 33.8 Å². The maximum absolute atomic E-state index is 14.7. The lowest BCUT2D eigenvalue weighted by Gasteiger charge is -2.34. The number of hydrogen-bond donors (Lipinski definition) is 4. The molecule has 0 aromatic heterocycles. The Kier molecular flexibility index (Phi) is 14.2. The van der Waals surface area contributed by atoms with E-state index in [-0.39, 0.29) is 16.9 Å². The lowest BCUT2D eigenvalue weighted by Crippen LogP contribution is -2.49. The van der Waals surface area contributed by atoms with Crippen LogP contribution in [-0.2, 0) is 24.0 Å². The molecule has 0 unspecified atom stereocenters. The third-order valence-corrected chi connectivity index (χ3v) is 11.0. The molecule has 0 aliphatic carbocycles. The first kappa shape index (κ1) is 39.5. The number of ether oxygens (including phenoxy) is 1. The molecule has 1 heterocycles. The highest BCUT2D eigenvalue weighted by Gasteiger charge is 2.50. The van der Waals surface area contributed by atoms with Crippen LogP contribution in [0, 0.1) is 11.3 Å². The average Bonchev–Trinajstić information content (AvgIpc) is 3.21. The van der Waals surface area contributed by atoms with E-state index in [2.05, 4.69) is 24.5 Å². The van der Waals surface area contributed by atoms with Gasteiger partial charge in [0.25, 0.3) is 5.91 Å². The Morgan fingerprint density at radius 2 is 1.53 bits per heavy atom. The number of carbonyl (C=O) groups excluding carboxylic acids is 4. The average molecular weight is 735 g/mol. The summed E-state index contributed by atoms with van der Waals surface area (Å²) < 4.78 is 6.08. The minimum Gasteiger partial charge on any atom is -0.483 e. The van der Waals surface area contributed by atoms with Gasteiger partial charge < -0.3 is 20.5 Å². The fraction of sp³-hybridized carbons (Fsp3) is 0.410. The van der Waals surface area contributed by atoms with Crippen LogP contribution in [0.15, 0.2) is 82.6 Å². The number of para-hydroxylation sites is 1. The van der Waals surface area contributed by atoms with Crippen LogP contribution in [0.3, 0.4) is 0 Å². The maximum atomic E-state index is 14.7. The van der Waals surface area contributed by atoms with Crippen LogP contribution in [0.4, 0.5) is 11.4 Å². The Balaban J connectivity index is 1.67. The van der Waals surface area contributed by atoms with E-state index >= 15 is 0 Å². The summed E-state index contributed by atoms with van der Waals surface area (Å²) in [5.74, 6) is -2.69. The van der Waals surface area contributed by atoms with E-state index in [1.165, 1.54) is 11.8 Å². The minimum atomic E-state index is -1.18. The van der Waals surface area contributed by atoms with Crippen molar-refractivity contribution in [2.75, 3.05) is 17.8 Å². The third kappa shape index (κ3) is 9.34. The van der Waals surface area contributed by atoms with Crippen molar-refractivity contribution in [2.45, 2.75) is 88.1 Å². The summed E-state index contributed by atoms with van der Waals surface area (Å²) in [5, 5.41) is 14.7. The molecule has 0 saturated heterocycles. The summed E-state index contributed by atoms with van der Waals surface area (Å²) in [4.78, 5) is 70.4. The molecular formula is C39H48N3O7S2. The van der Waals surface area contributed by atoms with Crippen molar-refractivity contribution in [2.24, 2.45) is 11.3 Å². The minimum absolute atomic E-state index is 0.146. The number of aliphatic carboxylic acids is 1. The molecule has 0 saturated carbocycles. The van der Waals surface area contributed by atoms with E-state index in [0.717, 1.165) is 25.7 Å². The van der Waals surface area contributed by atoms with Crippen LogP contribution in [-0.4, -0.2) is 52.8 Å². The normalized spacial score (nSPS) is 15.1. The predicted molar refractivity (Wildman–Crippen MR) is 203 cm³/mol. The molecule has 3 aromatic carbocycles. The highest BCUT2D eigenvalue weighted by atomic mass is 32.2. The second-order valence-electron chi connectivity index (χ2n) is 12.9. The number of carbonyl (C=O) groups is 5. The van der Waals surface area contributed by atoms with Crippen molar-refractivity contribution in [3.05, 3.63) is 78.4 Å². The Labute approximate surface area is 308 Å². The van der Waals surface area contributed by atoms with Gasteiger partial charge in [-0.05, 0) is 54.8 Å². The fourth-order valence-electron chi connectivity index (χ4n) is 6.10. The number of nitrogens with zero attached hydrogens (tertiary/aromatic N) is 1. The number of carboxylic acid groups (broad SMARTS) is 1. The first-order valence-corrected chi connectivity index (χ1v) is 19.5. The molecule has 0 spiro atoms. The second kappa shape index (κ2) is 18.3. The Hall–Kier alpha value is -4.29. The molecule has 1 aliphatic heterocycles. The van der Waals surface area contributed by atoms with Crippen LogP contribution in [0.2, 0.25) is 0 Å². The van der Waals surface area contributed by atoms with E-state index in [1.807, 2.05) is 42.7 Å². The van der Waals surface area contributed by atoms with Crippen molar-refractivity contribution in [1.82, 2.24) is 10.6 Å². The van der Waals surface area contributed by atoms with Gasteiger partial charge in [0.15, 0.2) is 11.7 Å². The molecule has 1 aliphatic rings. The predicted octanol–water partition coefficient (Wildman–Crippen LogP) is 7.27. The topological polar surface area (TPSA) is 142 Å². The first-order chi connectivity index (χ1) is 24.5. The lowest BCUT2D eigenvalue weighted by atomic mass is 9.77. The van der Waals surface area contributed by atoms with Gasteiger partial charge in [-0.3, -0.25) is 24.1 Å². The molecule has 3 N–H and O–H groups in total. The van der Waals surface area contributed by atoms with Gasteiger partial charge >= 0.3 is 5.97 Å². The van der Waals surface area contributed by atoms with Crippen molar-refractivity contribution in [3.63, 3.8) is 0 Å². The molecule has 3 aromatic rings. The Morgan fingerprint density at radius 1 is 0.922 bits per heavy atom. The molecule has 1 radical (unpaired) electrons. The van der Waals surface area contributed by atoms with Crippen molar-refractivity contribution in [1.29, 1.82) is 0 Å². The van der Waals surface area contributed by atoms with Crippen molar-refractivity contribution in [3.8, 4) is 5.75 Å². The zero-order chi connectivity index (χ0) is 37.1. The van der Waals surface area contributed by atoms with E-state index in [0.29, 0.717) is 57.1 Å². The number of benzene rings is 3. The highest BCUT2D eigenvalue weighted by Crippen LogP contribution is 2.51. The van der Waals surface area contributed by atoms with Gasteiger partial charge in [-0.25, -0.2) is 4.79 Å². The number of thioether (sulfide) groups is 1. The zero-order valence-corrected chi connectivity index (χ0v) is 31.5. The molecule has 0 bridgehead atoms. The summed E-state index contributed by atoms with van der Waals surface area (Å²) in [5.41, 5.74) is 0.560. The summed E-state index contributed by atoms with van der Waals surface area (Å²) >= 11 is 1.75. The van der Waals surface area contributed by atoms with Crippen LogP contribution < -0.4 is 20.3 Å². The monoisotopic (exact) mass is 734 g/mol. The molecule has 12 heteroatoms. The number of thiol groups is 1. The van der Waals surface area contributed by atoms with Gasteiger partial charge in [0.05, 0.1) is 10.6 Å². The number of unbranched alkanes of at least 4 members (excludes halogenated alkanes) is 2.